The van der Waals surface area contributed by atoms with Crippen LogP contribution in [0.2, 0.25) is 0 Å². The molecule has 33 heavy (non-hydrogen) atoms. The zero-order chi connectivity index (χ0) is 23.8. The fourth-order valence-electron chi connectivity index (χ4n) is 3.93. The van der Waals surface area contributed by atoms with Crippen LogP contribution in [0, 0.1) is 17.7 Å². The summed E-state index contributed by atoms with van der Waals surface area (Å²) in [6, 6.07) is 8.96. The summed E-state index contributed by atoms with van der Waals surface area (Å²) in [5.74, 6) is -1.42. The van der Waals surface area contributed by atoms with Gasteiger partial charge in [-0.05, 0) is 60.7 Å². The van der Waals surface area contributed by atoms with Gasteiger partial charge in [0.1, 0.15) is 0 Å². The van der Waals surface area contributed by atoms with Crippen LogP contribution >= 0.6 is 0 Å². The van der Waals surface area contributed by atoms with E-state index in [1.807, 2.05) is 13.8 Å². The highest BCUT2D eigenvalue weighted by molar-refractivity contribution is 7.89. The first-order chi connectivity index (χ1) is 15.6. The van der Waals surface area contributed by atoms with E-state index in [0.717, 1.165) is 18.6 Å². The maximum Gasteiger partial charge on any atom is 0.322 e. The number of nitrogens with zero attached hydrogens (tertiary/aromatic N) is 3. The van der Waals surface area contributed by atoms with Crippen LogP contribution in [0.5, 0.6) is 5.75 Å². The topological polar surface area (TPSA) is 126 Å². The van der Waals surface area contributed by atoms with Gasteiger partial charge in [0.25, 0.3) is 5.91 Å². The summed E-state index contributed by atoms with van der Waals surface area (Å²) in [4.78, 5) is 12.6. The number of benzene rings is 2. The van der Waals surface area contributed by atoms with Gasteiger partial charge in [-0.15, -0.1) is 5.10 Å². The van der Waals surface area contributed by atoms with E-state index in [1.165, 1.54) is 34.6 Å². The monoisotopic (exact) mass is 474 g/mol. The van der Waals surface area contributed by atoms with Crippen LogP contribution in [-0.4, -0.2) is 47.0 Å². The molecular formula is C22H23FN4O5S. The number of carbonyl (C=O) groups is 1. The van der Waals surface area contributed by atoms with Crippen molar-refractivity contribution in [1.29, 1.82) is 0 Å². The quantitative estimate of drug-likeness (QED) is 0.580. The minimum Gasteiger partial charge on any atom is -0.505 e. The molecule has 2 heterocycles. The Kier molecular flexibility index (Phi) is 6.17. The molecule has 11 heteroatoms. The molecule has 0 spiro atoms. The Morgan fingerprint density at radius 1 is 1.12 bits per heavy atom. The van der Waals surface area contributed by atoms with Gasteiger partial charge in [0.15, 0.2) is 11.6 Å². The SMILES string of the molecule is C[C@@H]1C[C@H](C)CN(S(=O)(=O)c2ccc(C(=O)Nc3nnc(-c4ccc(O)c(F)c4)o3)cc2)C1. The van der Waals surface area contributed by atoms with Crippen molar-refractivity contribution >= 4 is 21.9 Å². The molecule has 0 saturated carbocycles. The van der Waals surface area contributed by atoms with Gasteiger partial charge in [0.2, 0.25) is 15.9 Å². The van der Waals surface area contributed by atoms with Gasteiger partial charge in [-0.25, -0.2) is 12.8 Å². The summed E-state index contributed by atoms with van der Waals surface area (Å²) in [5, 5.41) is 19.2. The fraction of sp³-hybridized carbons (Fsp3) is 0.318. The summed E-state index contributed by atoms with van der Waals surface area (Å²) < 4.78 is 46.3. The molecule has 2 atom stereocenters. The van der Waals surface area contributed by atoms with Gasteiger partial charge in [0.05, 0.1) is 4.90 Å². The zero-order valence-corrected chi connectivity index (χ0v) is 18.8. The largest absolute Gasteiger partial charge is 0.505 e. The lowest BCUT2D eigenvalue weighted by Gasteiger charge is -2.34. The molecule has 1 amide bonds. The Labute approximate surface area is 190 Å². The molecule has 1 fully saturated rings. The predicted octanol–water partition coefficient (Wildman–Crippen LogP) is 3.50. The molecule has 0 radical (unpaired) electrons. The third-order valence-electron chi connectivity index (χ3n) is 5.43. The Morgan fingerprint density at radius 3 is 2.42 bits per heavy atom. The predicted molar refractivity (Wildman–Crippen MR) is 117 cm³/mol. The summed E-state index contributed by atoms with van der Waals surface area (Å²) in [6.07, 6.45) is 0.990. The number of hydrogen-bond acceptors (Lipinski definition) is 7. The van der Waals surface area contributed by atoms with E-state index in [9.17, 15) is 22.7 Å². The van der Waals surface area contributed by atoms with E-state index in [1.54, 1.807) is 0 Å². The molecule has 1 aliphatic heterocycles. The van der Waals surface area contributed by atoms with Crippen molar-refractivity contribution < 1.29 is 27.1 Å². The molecular weight excluding hydrogens is 451 g/mol. The normalized spacial score (nSPS) is 19.4. The van der Waals surface area contributed by atoms with Gasteiger partial charge in [-0.3, -0.25) is 10.1 Å². The Bertz CT molecular complexity index is 1270. The second-order valence-corrected chi connectivity index (χ2v) is 10.3. The number of rotatable bonds is 5. The first-order valence-electron chi connectivity index (χ1n) is 10.4. The van der Waals surface area contributed by atoms with Crippen LogP contribution < -0.4 is 5.32 Å². The van der Waals surface area contributed by atoms with Crippen molar-refractivity contribution in [2.24, 2.45) is 11.8 Å². The molecule has 0 aliphatic carbocycles. The minimum atomic E-state index is -3.65. The number of phenolic OH excluding ortho intramolecular Hbond substituents is 1. The van der Waals surface area contributed by atoms with E-state index < -0.39 is 27.5 Å². The van der Waals surface area contributed by atoms with Crippen LogP contribution in [0.4, 0.5) is 10.4 Å². The van der Waals surface area contributed by atoms with Gasteiger partial charge < -0.3 is 9.52 Å². The summed E-state index contributed by atoms with van der Waals surface area (Å²) >= 11 is 0. The average molecular weight is 475 g/mol. The van der Waals surface area contributed by atoms with Crippen molar-refractivity contribution in [2.75, 3.05) is 18.4 Å². The van der Waals surface area contributed by atoms with E-state index in [0.29, 0.717) is 13.1 Å². The fourth-order valence-corrected chi connectivity index (χ4v) is 5.61. The maximum absolute atomic E-state index is 13.5. The molecule has 1 saturated heterocycles. The molecule has 2 aromatic carbocycles. The molecule has 2 N–H and O–H groups in total. The van der Waals surface area contributed by atoms with Crippen molar-refractivity contribution in [1.82, 2.24) is 14.5 Å². The van der Waals surface area contributed by atoms with Crippen LogP contribution in [0.1, 0.15) is 30.6 Å². The zero-order valence-electron chi connectivity index (χ0n) is 18.0. The number of phenols is 1. The summed E-state index contributed by atoms with van der Waals surface area (Å²) in [6.45, 7) is 5.01. The van der Waals surface area contributed by atoms with Gasteiger partial charge >= 0.3 is 6.01 Å². The van der Waals surface area contributed by atoms with E-state index in [-0.39, 0.29) is 39.8 Å². The number of aromatic nitrogens is 2. The highest BCUT2D eigenvalue weighted by Crippen LogP contribution is 2.27. The van der Waals surface area contributed by atoms with E-state index in [2.05, 4.69) is 15.5 Å². The second-order valence-electron chi connectivity index (χ2n) is 8.33. The van der Waals surface area contributed by atoms with Crippen molar-refractivity contribution in [3.63, 3.8) is 0 Å². The van der Waals surface area contributed by atoms with Crippen molar-refractivity contribution in [3.05, 3.63) is 53.8 Å². The van der Waals surface area contributed by atoms with E-state index >= 15 is 0 Å². The number of piperidine rings is 1. The lowest BCUT2D eigenvalue weighted by molar-refractivity contribution is 0.102. The number of hydrogen-bond donors (Lipinski definition) is 2. The van der Waals surface area contributed by atoms with Crippen LogP contribution in [0.3, 0.4) is 0 Å². The van der Waals surface area contributed by atoms with E-state index in [4.69, 9.17) is 4.42 Å². The third kappa shape index (κ3) is 4.88. The smallest absolute Gasteiger partial charge is 0.322 e. The van der Waals surface area contributed by atoms with Gasteiger partial charge in [-0.2, -0.15) is 4.31 Å². The van der Waals surface area contributed by atoms with Crippen LogP contribution in [-0.2, 0) is 10.0 Å². The standard InChI is InChI=1S/C22H23FN4O5S/c1-13-9-14(2)12-27(11-13)33(30,31)17-6-3-15(4-7-17)20(29)24-22-26-25-21(32-22)16-5-8-19(28)18(23)10-16/h3-8,10,13-14,28H,9,11-12H2,1-2H3,(H,24,26,29)/t13-,14+. The number of halogens is 1. The Balaban J connectivity index is 1.46. The van der Waals surface area contributed by atoms with Crippen LogP contribution in [0.25, 0.3) is 11.5 Å². The molecule has 9 nitrogen and oxygen atoms in total. The van der Waals surface area contributed by atoms with Crippen LogP contribution in [0.15, 0.2) is 51.8 Å². The molecule has 1 aliphatic rings. The molecule has 4 rings (SSSR count). The number of nitrogens with one attached hydrogen (secondary N) is 1. The second kappa shape index (κ2) is 8.91. The Hall–Kier alpha value is -3.31. The average Bonchev–Trinajstić information content (AvgIpc) is 3.23. The minimum absolute atomic E-state index is 0.0457. The Morgan fingerprint density at radius 2 is 1.79 bits per heavy atom. The summed E-state index contributed by atoms with van der Waals surface area (Å²) in [7, 11) is -3.65. The maximum atomic E-state index is 13.5. The van der Waals surface area contributed by atoms with Gasteiger partial charge in [-0.1, -0.05) is 18.9 Å². The highest BCUT2D eigenvalue weighted by atomic mass is 32.2. The number of sulfonamides is 1. The molecule has 0 bridgehead atoms. The van der Waals surface area contributed by atoms with Crippen molar-refractivity contribution in [2.45, 2.75) is 25.2 Å². The number of aromatic hydroxyl groups is 1. The first kappa shape index (κ1) is 22.9. The lowest BCUT2D eigenvalue weighted by Crippen LogP contribution is -2.42. The summed E-state index contributed by atoms with van der Waals surface area (Å²) in [5.41, 5.74) is 0.430. The van der Waals surface area contributed by atoms with Crippen molar-refractivity contribution in [3.8, 4) is 17.2 Å². The highest BCUT2D eigenvalue weighted by Gasteiger charge is 2.31. The lowest BCUT2D eigenvalue weighted by atomic mass is 9.94. The molecule has 3 aromatic rings. The van der Waals surface area contributed by atoms with Gasteiger partial charge in [0, 0.05) is 24.2 Å². The number of amides is 1. The first-order valence-corrected chi connectivity index (χ1v) is 11.8. The molecule has 0 unspecified atom stereocenters. The molecule has 174 valence electrons. The molecule has 1 aromatic heterocycles. The third-order valence-corrected chi connectivity index (χ3v) is 7.28. The number of carbonyl (C=O) groups excluding carboxylic acids is 1. The number of anilines is 1.